The smallest absolute Gasteiger partial charge is 0.138 e. The second-order valence-electron chi connectivity index (χ2n) is 12.7. The van der Waals surface area contributed by atoms with E-state index in [1.807, 2.05) is 0 Å². The molecule has 48 heavy (non-hydrogen) atoms. The fourth-order valence-corrected chi connectivity index (χ4v) is 7.77. The molecule has 0 N–H and O–H groups in total. The quantitative estimate of drug-likeness (QED) is 0.194. The summed E-state index contributed by atoms with van der Waals surface area (Å²) in [5.74, 6) is 0.969. The van der Waals surface area contributed by atoms with Gasteiger partial charge in [-0.15, -0.1) is 0 Å². The highest BCUT2D eigenvalue weighted by Crippen LogP contribution is 2.39. The van der Waals surface area contributed by atoms with Crippen LogP contribution in [0.15, 0.2) is 158 Å². The molecule has 1 aliphatic rings. The number of hydrogen-bond donors (Lipinski definition) is 0. The van der Waals surface area contributed by atoms with E-state index in [0.29, 0.717) is 0 Å². The maximum Gasteiger partial charge on any atom is 0.138 e. The van der Waals surface area contributed by atoms with Crippen molar-refractivity contribution < 1.29 is 0 Å². The molecule has 0 bridgehead atoms. The number of fused-ring (bicyclic) bond motifs is 7. The third-order valence-corrected chi connectivity index (χ3v) is 9.96. The van der Waals surface area contributed by atoms with Crippen molar-refractivity contribution in [3.05, 3.63) is 169 Å². The predicted molar refractivity (Wildman–Crippen MR) is 201 cm³/mol. The van der Waals surface area contributed by atoms with Crippen LogP contribution in [0.25, 0.3) is 83.4 Å². The lowest BCUT2D eigenvalue weighted by Gasteiger charge is -2.18. The van der Waals surface area contributed by atoms with Crippen molar-refractivity contribution >= 4 is 49.7 Å². The van der Waals surface area contributed by atoms with Crippen LogP contribution in [0, 0.1) is 0 Å². The number of pyridine rings is 1. The van der Waals surface area contributed by atoms with Crippen LogP contribution in [0.5, 0.6) is 0 Å². The van der Waals surface area contributed by atoms with Crippen LogP contribution in [0.4, 0.5) is 0 Å². The van der Waals surface area contributed by atoms with E-state index in [-0.39, 0.29) is 0 Å². The van der Waals surface area contributed by atoms with E-state index in [1.165, 1.54) is 82.8 Å². The highest BCUT2D eigenvalue weighted by Gasteiger charge is 2.20. The first-order valence-corrected chi connectivity index (χ1v) is 16.7. The third-order valence-electron chi connectivity index (χ3n) is 9.96. The van der Waals surface area contributed by atoms with Crippen molar-refractivity contribution in [1.82, 2.24) is 14.1 Å². The molecule has 0 spiro atoms. The van der Waals surface area contributed by atoms with Gasteiger partial charge in [-0.3, -0.25) is 4.57 Å². The molecule has 3 heteroatoms. The van der Waals surface area contributed by atoms with E-state index >= 15 is 0 Å². The molecule has 0 amide bonds. The number of hydrogen-bond acceptors (Lipinski definition) is 1. The molecule has 3 aromatic heterocycles. The van der Waals surface area contributed by atoms with Gasteiger partial charge in [0.25, 0.3) is 0 Å². The average molecular weight is 614 g/mol. The molecular weight excluding hydrogens is 583 g/mol. The van der Waals surface area contributed by atoms with Gasteiger partial charge in [0, 0.05) is 32.8 Å². The summed E-state index contributed by atoms with van der Waals surface area (Å²) < 4.78 is 4.73. The number of rotatable bonds is 4. The van der Waals surface area contributed by atoms with E-state index in [1.54, 1.807) is 0 Å². The molecule has 0 radical (unpaired) electrons. The normalized spacial score (nSPS) is 12.8. The van der Waals surface area contributed by atoms with E-state index in [2.05, 4.69) is 173 Å². The minimum atomic E-state index is 0.948. The minimum absolute atomic E-state index is 0.948. The van der Waals surface area contributed by atoms with Crippen LogP contribution in [0.1, 0.15) is 17.7 Å². The SMILES string of the molecule is C1=Cc2c(-c3ccccc3)cc(-n3c4ccccc4c4cc(-c5ccc6c(c5)c5ccccc5n6-c5ccccc5)ccc43)nc2CC1. The first-order valence-electron chi connectivity index (χ1n) is 16.7. The van der Waals surface area contributed by atoms with Crippen LogP contribution >= 0.6 is 0 Å². The molecule has 3 heterocycles. The Morgan fingerprint density at radius 2 is 1.02 bits per heavy atom. The molecule has 0 fully saturated rings. The fraction of sp³-hybridized carbons (Fsp3) is 0.0444. The summed E-state index contributed by atoms with van der Waals surface area (Å²) in [6, 6.07) is 54.9. The molecule has 0 atom stereocenters. The molecular formula is C45H31N3. The lowest BCUT2D eigenvalue weighted by molar-refractivity contribution is 0.908. The highest BCUT2D eigenvalue weighted by atomic mass is 15.1. The minimum Gasteiger partial charge on any atom is -0.309 e. The van der Waals surface area contributed by atoms with Gasteiger partial charge in [-0.2, -0.15) is 0 Å². The number of aromatic nitrogens is 3. The second kappa shape index (κ2) is 10.7. The number of allylic oxidation sites excluding steroid dienone is 1. The summed E-state index contributed by atoms with van der Waals surface area (Å²) in [5, 5.41) is 4.99. The zero-order chi connectivity index (χ0) is 31.6. The van der Waals surface area contributed by atoms with Crippen LogP contribution in [-0.2, 0) is 6.42 Å². The fourth-order valence-electron chi connectivity index (χ4n) is 7.77. The van der Waals surface area contributed by atoms with Crippen LogP contribution < -0.4 is 0 Å². The van der Waals surface area contributed by atoms with Gasteiger partial charge in [-0.25, -0.2) is 4.98 Å². The van der Waals surface area contributed by atoms with Crippen LogP contribution in [-0.4, -0.2) is 14.1 Å². The van der Waals surface area contributed by atoms with E-state index in [4.69, 9.17) is 4.98 Å². The molecule has 0 saturated carbocycles. The number of para-hydroxylation sites is 3. The summed E-state index contributed by atoms with van der Waals surface area (Å²) in [5.41, 5.74) is 13.2. The summed E-state index contributed by atoms with van der Waals surface area (Å²) in [6.45, 7) is 0. The Kier molecular flexibility index (Phi) is 6.00. The number of benzene rings is 6. The van der Waals surface area contributed by atoms with E-state index < -0.39 is 0 Å². The van der Waals surface area contributed by atoms with Gasteiger partial charge in [0.05, 0.1) is 27.8 Å². The van der Waals surface area contributed by atoms with Crippen molar-refractivity contribution in [2.75, 3.05) is 0 Å². The number of nitrogens with zero attached hydrogens (tertiary/aromatic N) is 3. The van der Waals surface area contributed by atoms with Crippen molar-refractivity contribution in [1.29, 1.82) is 0 Å². The summed E-state index contributed by atoms with van der Waals surface area (Å²) in [6.07, 6.45) is 6.49. The van der Waals surface area contributed by atoms with Gasteiger partial charge in [-0.1, -0.05) is 109 Å². The Morgan fingerprint density at radius 3 is 1.71 bits per heavy atom. The van der Waals surface area contributed by atoms with Crippen molar-refractivity contribution in [3.8, 4) is 33.8 Å². The molecule has 0 saturated heterocycles. The molecule has 10 rings (SSSR count). The molecule has 6 aromatic carbocycles. The van der Waals surface area contributed by atoms with E-state index in [0.717, 1.165) is 18.7 Å². The second-order valence-corrected chi connectivity index (χ2v) is 12.7. The van der Waals surface area contributed by atoms with Crippen molar-refractivity contribution in [2.24, 2.45) is 0 Å². The van der Waals surface area contributed by atoms with Crippen LogP contribution in [0.3, 0.4) is 0 Å². The monoisotopic (exact) mass is 613 g/mol. The van der Waals surface area contributed by atoms with Gasteiger partial charge in [-0.05, 0) is 89.7 Å². The standard InChI is InChI=1S/C45H31N3/c1-3-13-30(14-4-1)37-29-45(46-40-20-10-7-17-34(37)40)48-42-22-12-9-19-36(42)39-28-32(24-26-44(39)48)31-23-25-43-38(27-31)35-18-8-11-21-41(35)47(43)33-15-5-2-6-16-33/h1-9,11-19,21-29H,10,20H2. The van der Waals surface area contributed by atoms with Crippen LogP contribution in [0.2, 0.25) is 0 Å². The molecule has 226 valence electrons. The zero-order valence-electron chi connectivity index (χ0n) is 26.3. The molecule has 0 aliphatic heterocycles. The van der Waals surface area contributed by atoms with Gasteiger partial charge >= 0.3 is 0 Å². The first kappa shape index (κ1) is 27.0. The first-order chi connectivity index (χ1) is 23.8. The van der Waals surface area contributed by atoms with Crippen molar-refractivity contribution in [2.45, 2.75) is 12.8 Å². The van der Waals surface area contributed by atoms with Gasteiger partial charge in [0.2, 0.25) is 0 Å². The van der Waals surface area contributed by atoms with Gasteiger partial charge in [0.15, 0.2) is 0 Å². The summed E-state index contributed by atoms with van der Waals surface area (Å²) in [4.78, 5) is 5.32. The Labute approximate surface area is 278 Å². The largest absolute Gasteiger partial charge is 0.309 e. The molecule has 9 aromatic rings. The average Bonchev–Trinajstić information content (AvgIpc) is 3.67. The zero-order valence-corrected chi connectivity index (χ0v) is 26.3. The van der Waals surface area contributed by atoms with Gasteiger partial charge in [0.1, 0.15) is 5.82 Å². The topological polar surface area (TPSA) is 22.8 Å². The maximum absolute atomic E-state index is 5.32. The summed E-state index contributed by atoms with van der Waals surface area (Å²) >= 11 is 0. The Hall–Kier alpha value is -6.19. The summed E-state index contributed by atoms with van der Waals surface area (Å²) in [7, 11) is 0. The third kappa shape index (κ3) is 4.11. The highest BCUT2D eigenvalue weighted by molar-refractivity contribution is 6.12. The number of aryl methyl sites for hydroxylation is 1. The van der Waals surface area contributed by atoms with Gasteiger partial charge < -0.3 is 4.57 Å². The lowest BCUT2D eigenvalue weighted by atomic mass is 9.93. The molecule has 1 aliphatic carbocycles. The van der Waals surface area contributed by atoms with Crippen molar-refractivity contribution in [3.63, 3.8) is 0 Å². The maximum atomic E-state index is 5.32. The Bertz CT molecular complexity index is 2710. The molecule has 0 unspecified atom stereocenters. The predicted octanol–water partition coefficient (Wildman–Crippen LogP) is 11.6. The molecule has 3 nitrogen and oxygen atoms in total. The lowest BCUT2D eigenvalue weighted by Crippen LogP contribution is -2.06. The Morgan fingerprint density at radius 1 is 0.458 bits per heavy atom. The van der Waals surface area contributed by atoms with E-state index in [9.17, 15) is 0 Å². The Balaban J connectivity index is 1.17.